The van der Waals surface area contributed by atoms with Gasteiger partial charge >= 0.3 is 0 Å². The number of amides is 1. The van der Waals surface area contributed by atoms with E-state index >= 15 is 0 Å². The maximum Gasteiger partial charge on any atom is 0.228 e. The van der Waals surface area contributed by atoms with Crippen LogP contribution in [-0.4, -0.2) is 32.2 Å². The molecule has 2 heterocycles. The number of anilines is 1. The fraction of sp³-hybridized carbons (Fsp3) is 0.357. The van der Waals surface area contributed by atoms with Crippen molar-refractivity contribution in [2.45, 2.75) is 19.1 Å². The number of hydrogen-bond acceptors (Lipinski definition) is 4. The number of thioether (sulfide) groups is 1. The Bertz CT molecular complexity index is 570. The molecule has 20 heavy (non-hydrogen) atoms. The average molecular weight is 290 g/mol. The van der Waals surface area contributed by atoms with Crippen LogP contribution in [0, 0.1) is 5.92 Å². The number of pyridine rings is 1. The minimum Gasteiger partial charge on any atom is -0.323 e. The summed E-state index contributed by atoms with van der Waals surface area (Å²) in [5, 5.41) is 7.39. The van der Waals surface area contributed by atoms with Crippen LogP contribution in [0.5, 0.6) is 0 Å². The first-order valence-corrected chi connectivity index (χ1v) is 7.69. The molecule has 2 aromatic heterocycles. The van der Waals surface area contributed by atoms with Crippen molar-refractivity contribution in [2.75, 3.05) is 11.6 Å². The van der Waals surface area contributed by atoms with Crippen LogP contribution in [0.3, 0.4) is 0 Å². The normalized spacial score (nSPS) is 13.8. The minimum atomic E-state index is -0.0493. The molecule has 2 atom stereocenters. The van der Waals surface area contributed by atoms with Gasteiger partial charge in [-0.3, -0.25) is 9.78 Å². The molecule has 0 fully saturated rings. The van der Waals surface area contributed by atoms with Crippen LogP contribution in [-0.2, 0) is 4.79 Å². The molecule has 6 heteroatoms. The van der Waals surface area contributed by atoms with E-state index in [9.17, 15) is 4.79 Å². The zero-order chi connectivity index (χ0) is 14.5. The lowest BCUT2D eigenvalue weighted by Crippen LogP contribution is -2.26. The highest BCUT2D eigenvalue weighted by Crippen LogP contribution is 2.18. The van der Waals surface area contributed by atoms with E-state index in [1.165, 1.54) is 0 Å². The molecule has 0 aliphatic carbocycles. The van der Waals surface area contributed by atoms with Gasteiger partial charge in [0, 0.05) is 17.4 Å². The van der Waals surface area contributed by atoms with Gasteiger partial charge in [0.05, 0.1) is 30.0 Å². The van der Waals surface area contributed by atoms with Gasteiger partial charge in [0.25, 0.3) is 0 Å². The Labute approximate surface area is 122 Å². The van der Waals surface area contributed by atoms with Crippen LogP contribution >= 0.6 is 11.8 Å². The van der Waals surface area contributed by atoms with E-state index in [1.807, 2.05) is 32.2 Å². The van der Waals surface area contributed by atoms with Crippen molar-refractivity contribution < 1.29 is 4.79 Å². The van der Waals surface area contributed by atoms with Gasteiger partial charge in [-0.15, -0.1) is 0 Å². The smallest absolute Gasteiger partial charge is 0.228 e. The monoisotopic (exact) mass is 290 g/mol. The third-order valence-corrected chi connectivity index (χ3v) is 4.40. The summed E-state index contributed by atoms with van der Waals surface area (Å²) in [4.78, 5) is 16.1. The van der Waals surface area contributed by atoms with Crippen molar-refractivity contribution >= 4 is 23.4 Å². The van der Waals surface area contributed by atoms with Gasteiger partial charge in [-0.25, -0.2) is 4.68 Å². The van der Waals surface area contributed by atoms with Crippen molar-refractivity contribution in [1.82, 2.24) is 14.8 Å². The second-order valence-corrected chi connectivity index (χ2v) is 5.82. The van der Waals surface area contributed by atoms with Crippen LogP contribution in [0.1, 0.15) is 13.8 Å². The summed E-state index contributed by atoms with van der Waals surface area (Å²) in [6.07, 6.45) is 8.86. The maximum atomic E-state index is 12.1. The highest BCUT2D eigenvalue weighted by Gasteiger charge is 2.19. The number of nitrogens with zero attached hydrogens (tertiary/aromatic N) is 3. The summed E-state index contributed by atoms with van der Waals surface area (Å²) in [7, 11) is 0. The Morgan fingerprint density at radius 2 is 2.20 bits per heavy atom. The molecule has 0 saturated heterocycles. The van der Waals surface area contributed by atoms with Gasteiger partial charge in [0.15, 0.2) is 0 Å². The predicted molar refractivity (Wildman–Crippen MR) is 82.1 cm³/mol. The second-order valence-electron chi connectivity index (χ2n) is 4.60. The molecule has 0 spiro atoms. The molecule has 2 aromatic rings. The zero-order valence-electron chi connectivity index (χ0n) is 11.8. The number of carbonyl (C=O) groups is 1. The zero-order valence-corrected chi connectivity index (χ0v) is 12.6. The van der Waals surface area contributed by atoms with Crippen LogP contribution in [0.15, 0.2) is 36.9 Å². The average Bonchev–Trinajstić information content (AvgIpc) is 2.95. The molecule has 0 radical (unpaired) electrons. The lowest BCUT2D eigenvalue weighted by Gasteiger charge is -2.16. The number of nitrogens with one attached hydrogen (secondary N) is 1. The van der Waals surface area contributed by atoms with E-state index in [-0.39, 0.29) is 17.1 Å². The molecule has 2 unspecified atom stereocenters. The van der Waals surface area contributed by atoms with Crippen LogP contribution in [0.4, 0.5) is 5.69 Å². The summed E-state index contributed by atoms with van der Waals surface area (Å²) >= 11 is 1.68. The SMILES string of the molecule is CSC(C)C(C)C(=O)Nc1cnn(-c2cccnc2)c1. The quantitative estimate of drug-likeness (QED) is 0.919. The molecule has 0 aliphatic heterocycles. The van der Waals surface area contributed by atoms with Crippen molar-refractivity contribution in [3.05, 3.63) is 36.9 Å². The Kier molecular flexibility index (Phi) is 4.79. The summed E-state index contributed by atoms with van der Waals surface area (Å²) in [6.45, 7) is 3.98. The standard InChI is InChI=1S/C14H18N4OS/c1-10(11(2)20-3)14(19)17-12-7-16-18(9-12)13-5-4-6-15-8-13/h4-11H,1-3H3,(H,17,19). The van der Waals surface area contributed by atoms with Crippen LogP contribution in [0.2, 0.25) is 0 Å². The second kappa shape index (κ2) is 6.56. The highest BCUT2D eigenvalue weighted by atomic mass is 32.2. The first-order valence-electron chi connectivity index (χ1n) is 6.40. The third-order valence-electron chi connectivity index (χ3n) is 3.25. The fourth-order valence-corrected chi connectivity index (χ4v) is 2.22. The number of rotatable bonds is 5. The summed E-state index contributed by atoms with van der Waals surface area (Å²) in [5.41, 5.74) is 1.55. The van der Waals surface area contributed by atoms with Crippen LogP contribution < -0.4 is 5.32 Å². The number of hydrogen-bond donors (Lipinski definition) is 1. The van der Waals surface area contributed by atoms with Crippen molar-refractivity contribution in [1.29, 1.82) is 0 Å². The van der Waals surface area contributed by atoms with E-state index < -0.39 is 0 Å². The minimum absolute atomic E-state index is 0.0117. The Morgan fingerprint density at radius 3 is 2.85 bits per heavy atom. The molecule has 0 aromatic carbocycles. The molecule has 0 aliphatic rings. The number of aromatic nitrogens is 3. The van der Waals surface area contributed by atoms with Gasteiger partial charge in [-0.1, -0.05) is 13.8 Å². The molecule has 0 saturated carbocycles. The van der Waals surface area contributed by atoms with E-state index in [4.69, 9.17) is 0 Å². The third kappa shape index (κ3) is 3.39. The van der Waals surface area contributed by atoms with Gasteiger partial charge in [-0.2, -0.15) is 16.9 Å². The van der Waals surface area contributed by atoms with Crippen molar-refractivity contribution in [3.63, 3.8) is 0 Å². The predicted octanol–water partition coefficient (Wildman–Crippen LogP) is 2.59. The highest BCUT2D eigenvalue weighted by molar-refractivity contribution is 7.99. The molecular weight excluding hydrogens is 272 g/mol. The van der Waals surface area contributed by atoms with Gasteiger partial charge in [0.1, 0.15) is 0 Å². The summed E-state index contributed by atoms with van der Waals surface area (Å²) in [5.74, 6) is -0.0377. The summed E-state index contributed by atoms with van der Waals surface area (Å²) in [6, 6.07) is 3.75. The molecule has 1 N–H and O–H groups in total. The Morgan fingerprint density at radius 1 is 1.40 bits per heavy atom. The van der Waals surface area contributed by atoms with Gasteiger partial charge < -0.3 is 5.32 Å². The first-order chi connectivity index (χ1) is 9.61. The van der Waals surface area contributed by atoms with E-state index in [1.54, 1.807) is 41.2 Å². The lowest BCUT2D eigenvalue weighted by atomic mass is 10.1. The van der Waals surface area contributed by atoms with E-state index in [0.717, 1.165) is 5.69 Å². The molecule has 2 rings (SSSR count). The van der Waals surface area contributed by atoms with Crippen molar-refractivity contribution in [2.24, 2.45) is 5.92 Å². The summed E-state index contributed by atoms with van der Waals surface area (Å²) < 4.78 is 1.69. The first kappa shape index (κ1) is 14.6. The van der Waals surface area contributed by atoms with Gasteiger partial charge in [-0.05, 0) is 18.4 Å². The maximum absolute atomic E-state index is 12.1. The Hall–Kier alpha value is -1.82. The largest absolute Gasteiger partial charge is 0.323 e. The lowest BCUT2D eigenvalue weighted by molar-refractivity contribution is -0.119. The van der Waals surface area contributed by atoms with Gasteiger partial charge in [0.2, 0.25) is 5.91 Å². The molecule has 0 bridgehead atoms. The van der Waals surface area contributed by atoms with Crippen LogP contribution in [0.25, 0.3) is 5.69 Å². The molecular formula is C14H18N4OS. The number of carbonyl (C=O) groups excluding carboxylic acids is 1. The van der Waals surface area contributed by atoms with Crippen molar-refractivity contribution in [3.8, 4) is 5.69 Å². The Balaban J connectivity index is 2.05. The molecule has 106 valence electrons. The van der Waals surface area contributed by atoms with E-state index in [0.29, 0.717) is 5.69 Å². The topological polar surface area (TPSA) is 59.8 Å². The molecule has 5 nitrogen and oxygen atoms in total. The van der Waals surface area contributed by atoms with E-state index in [2.05, 4.69) is 15.4 Å². The molecule has 1 amide bonds. The fourth-order valence-electron chi connectivity index (χ4n) is 1.69.